The van der Waals surface area contributed by atoms with Crippen LogP contribution in [0.1, 0.15) is 51.8 Å². The molecule has 1 aromatic rings. The molecule has 0 spiro atoms. The van der Waals surface area contributed by atoms with E-state index >= 15 is 0 Å². The molecule has 0 aromatic carbocycles. The van der Waals surface area contributed by atoms with Gasteiger partial charge in [0, 0.05) is 19.4 Å². The molecule has 1 saturated carbocycles. The normalized spacial score (nSPS) is 30.5. The Morgan fingerprint density at radius 2 is 2.18 bits per heavy atom. The first-order valence-corrected chi connectivity index (χ1v) is 6.73. The maximum Gasteiger partial charge on any atom is 0.140 e. The summed E-state index contributed by atoms with van der Waals surface area (Å²) in [4.78, 5) is 4.34. The predicted octanol–water partition coefficient (Wildman–Crippen LogP) is 2.84. The van der Waals surface area contributed by atoms with Gasteiger partial charge in [-0.15, -0.1) is 0 Å². The number of aryl methyl sites for hydroxylation is 1. The highest BCUT2D eigenvalue weighted by atomic mass is 16.3. The molecule has 17 heavy (non-hydrogen) atoms. The van der Waals surface area contributed by atoms with E-state index in [1.165, 1.54) is 6.42 Å². The molecule has 2 unspecified atom stereocenters. The van der Waals surface area contributed by atoms with Crippen molar-refractivity contribution in [1.82, 2.24) is 9.55 Å². The SMILES string of the molecule is CC(C)C1CCCC(O)(c2nccn2C)CC1. The lowest BCUT2D eigenvalue weighted by Crippen LogP contribution is -2.28. The van der Waals surface area contributed by atoms with E-state index in [2.05, 4.69) is 18.8 Å². The molecule has 1 fully saturated rings. The molecular formula is C14H24N2O. The monoisotopic (exact) mass is 236 g/mol. The molecule has 1 aromatic heterocycles. The molecule has 0 aliphatic heterocycles. The van der Waals surface area contributed by atoms with Crippen LogP contribution < -0.4 is 0 Å². The largest absolute Gasteiger partial charge is 0.382 e. The van der Waals surface area contributed by atoms with E-state index in [-0.39, 0.29) is 0 Å². The van der Waals surface area contributed by atoms with Crippen molar-refractivity contribution in [1.29, 1.82) is 0 Å². The van der Waals surface area contributed by atoms with E-state index in [1.807, 2.05) is 17.8 Å². The molecule has 1 aliphatic rings. The van der Waals surface area contributed by atoms with Gasteiger partial charge in [-0.2, -0.15) is 0 Å². The summed E-state index contributed by atoms with van der Waals surface area (Å²) in [6.45, 7) is 4.58. The second-order valence-corrected chi connectivity index (χ2v) is 5.83. The van der Waals surface area contributed by atoms with Crippen LogP contribution in [-0.4, -0.2) is 14.7 Å². The number of aliphatic hydroxyl groups is 1. The highest BCUT2D eigenvalue weighted by Crippen LogP contribution is 2.38. The highest BCUT2D eigenvalue weighted by Gasteiger charge is 2.36. The highest BCUT2D eigenvalue weighted by molar-refractivity contribution is 5.05. The van der Waals surface area contributed by atoms with Gasteiger partial charge in [-0.1, -0.05) is 20.3 Å². The molecule has 1 heterocycles. The third-order valence-electron chi connectivity index (χ3n) is 4.27. The van der Waals surface area contributed by atoms with Crippen LogP contribution in [0.3, 0.4) is 0 Å². The molecular weight excluding hydrogens is 212 g/mol. The van der Waals surface area contributed by atoms with E-state index in [4.69, 9.17) is 0 Å². The zero-order valence-electron chi connectivity index (χ0n) is 11.2. The minimum atomic E-state index is -0.706. The topological polar surface area (TPSA) is 38.1 Å². The maximum absolute atomic E-state index is 10.8. The Balaban J connectivity index is 2.15. The van der Waals surface area contributed by atoms with Crippen LogP contribution in [0, 0.1) is 11.8 Å². The second-order valence-electron chi connectivity index (χ2n) is 5.83. The molecule has 1 N–H and O–H groups in total. The van der Waals surface area contributed by atoms with Gasteiger partial charge in [0.15, 0.2) is 0 Å². The van der Waals surface area contributed by atoms with Crippen molar-refractivity contribution >= 4 is 0 Å². The molecule has 0 radical (unpaired) electrons. The van der Waals surface area contributed by atoms with Crippen molar-refractivity contribution in [3.63, 3.8) is 0 Å². The lowest BCUT2D eigenvalue weighted by molar-refractivity contribution is 0.00783. The van der Waals surface area contributed by atoms with Gasteiger partial charge >= 0.3 is 0 Å². The van der Waals surface area contributed by atoms with Crippen molar-refractivity contribution in [3.05, 3.63) is 18.2 Å². The summed E-state index contributed by atoms with van der Waals surface area (Å²) < 4.78 is 1.95. The lowest BCUT2D eigenvalue weighted by atomic mass is 9.87. The van der Waals surface area contributed by atoms with Gasteiger partial charge in [0.25, 0.3) is 0 Å². The van der Waals surface area contributed by atoms with Crippen molar-refractivity contribution in [2.45, 2.75) is 51.6 Å². The number of imidazole rings is 1. The number of hydrogen-bond donors (Lipinski definition) is 1. The van der Waals surface area contributed by atoms with Gasteiger partial charge in [0.05, 0.1) is 0 Å². The van der Waals surface area contributed by atoms with E-state index in [1.54, 1.807) is 6.20 Å². The fourth-order valence-corrected chi connectivity index (χ4v) is 3.05. The number of nitrogens with zero attached hydrogens (tertiary/aromatic N) is 2. The quantitative estimate of drug-likeness (QED) is 0.802. The molecule has 0 saturated heterocycles. The van der Waals surface area contributed by atoms with Gasteiger partial charge in [0.2, 0.25) is 0 Å². The number of hydrogen-bond acceptors (Lipinski definition) is 2. The van der Waals surface area contributed by atoms with Gasteiger partial charge < -0.3 is 9.67 Å². The van der Waals surface area contributed by atoms with Crippen LogP contribution in [0.2, 0.25) is 0 Å². The van der Waals surface area contributed by atoms with Crippen molar-refractivity contribution in [2.75, 3.05) is 0 Å². The van der Waals surface area contributed by atoms with E-state index in [9.17, 15) is 5.11 Å². The molecule has 1 aliphatic carbocycles. The summed E-state index contributed by atoms with van der Waals surface area (Å²) in [5, 5.41) is 10.8. The van der Waals surface area contributed by atoms with Gasteiger partial charge in [-0.3, -0.25) is 0 Å². The van der Waals surface area contributed by atoms with Crippen molar-refractivity contribution in [2.24, 2.45) is 18.9 Å². The lowest BCUT2D eigenvalue weighted by Gasteiger charge is -2.26. The Morgan fingerprint density at radius 3 is 2.76 bits per heavy atom. The summed E-state index contributed by atoms with van der Waals surface area (Å²) in [5.74, 6) is 2.31. The zero-order valence-corrected chi connectivity index (χ0v) is 11.2. The summed E-state index contributed by atoms with van der Waals surface area (Å²) in [7, 11) is 1.96. The molecule has 2 rings (SSSR count). The Morgan fingerprint density at radius 1 is 1.41 bits per heavy atom. The number of aromatic nitrogens is 2. The Hall–Kier alpha value is -0.830. The van der Waals surface area contributed by atoms with E-state index in [0.717, 1.165) is 43.3 Å². The van der Waals surface area contributed by atoms with E-state index in [0.29, 0.717) is 0 Å². The molecule has 2 atom stereocenters. The van der Waals surface area contributed by atoms with Crippen LogP contribution in [0.4, 0.5) is 0 Å². The minimum Gasteiger partial charge on any atom is -0.382 e. The molecule has 3 nitrogen and oxygen atoms in total. The molecule has 0 amide bonds. The van der Waals surface area contributed by atoms with Gasteiger partial charge in [-0.25, -0.2) is 4.98 Å². The molecule has 0 bridgehead atoms. The van der Waals surface area contributed by atoms with Crippen LogP contribution in [-0.2, 0) is 12.6 Å². The maximum atomic E-state index is 10.8. The predicted molar refractivity (Wildman–Crippen MR) is 68.5 cm³/mol. The average Bonchev–Trinajstić information content (AvgIpc) is 2.59. The van der Waals surface area contributed by atoms with Crippen molar-refractivity contribution in [3.8, 4) is 0 Å². The fourth-order valence-electron chi connectivity index (χ4n) is 3.05. The summed E-state index contributed by atoms with van der Waals surface area (Å²) in [6, 6.07) is 0. The third-order valence-corrected chi connectivity index (χ3v) is 4.27. The summed E-state index contributed by atoms with van der Waals surface area (Å²) >= 11 is 0. The van der Waals surface area contributed by atoms with Crippen LogP contribution in [0.25, 0.3) is 0 Å². The number of rotatable bonds is 2. The first-order valence-electron chi connectivity index (χ1n) is 6.73. The molecule has 96 valence electrons. The summed E-state index contributed by atoms with van der Waals surface area (Å²) in [5.41, 5.74) is -0.706. The van der Waals surface area contributed by atoms with Crippen LogP contribution in [0.5, 0.6) is 0 Å². The van der Waals surface area contributed by atoms with Crippen molar-refractivity contribution < 1.29 is 5.11 Å². The Kier molecular flexibility index (Phi) is 3.57. The Labute approximate surface area is 104 Å². The average molecular weight is 236 g/mol. The van der Waals surface area contributed by atoms with Crippen LogP contribution >= 0.6 is 0 Å². The second kappa shape index (κ2) is 4.81. The summed E-state index contributed by atoms with van der Waals surface area (Å²) in [6.07, 6.45) is 8.84. The standard InChI is InChI=1S/C14H24N2O/c1-11(2)12-5-4-7-14(17,8-6-12)13-15-9-10-16(13)3/h9-12,17H,4-8H2,1-3H3. The first-order chi connectivity index (χ1) is 8.03. The van der Waals surface area contributed by atoms with Gasteiger partial charge in [-0.05, 0) is 37.5 Å². The molecule has 3 heteroatoms. The fraction of sp³-hybridized carbons (Fsp3) is 0.786. The smallest absolute Gasteiger partial charge is 0.140 e. The van der Waals surface area contributed by atoms with Gasteiger partial charge in [0.1, 0.15) is 11.4 Å². The zero-order chi connectivity index (χ0) is 12.5. The third kappa shape index (κ3) is 2.54. The Bertz CT molecular complexity index is 372. The first kappa shape index (κ1) is 12.6. The van der Waals surface area contributed by atoms with Crippen LogP contribution in [0.15, 0.2) is 12.4 Å². The van der Waals surface area contributed by atoms with E-state index < -0.39 is 5.60 Å². The minimum absolute atomic E-state index is 0.706.